The van der Waals surface area contributed by atoms with Crippen LogP contribution in [-0.2, 0) is 15.1 Å². The molecule has 0 bridgehead atoms. The summed E-state index contributed by atoms with van der Waals surface area (Å²) in [7, 11) is 0. The minimum absolute atomic E-state index is 0.145. The lowest BCUT2D eigenvalue weighted by Crippen LogP contribution is -2.51. The molecule has 1 saturated heterocycles. The fourth-order valence-electron chi connectivity index (χ4n) is 2.25. The summed E-state index contributed by atoms with van der Waals surface area (Å²) in [6.45, 7) is 0.442. The number of benzene rings is 1. The van der Waals surface area contributed by atoms with Gasteiger partial charge in [-0.3, -0.25) is 14.9 Å². The Morgan fingerprint density at radius 2 is 1.61 bits per heavy atom. The number of piperazine rings is 1. The van der Waals surface area contributed by atoms with Crippen molar-refractivity contribution in [3.63, 3.8) is 0 Å². The number of anilines is 1. The molecule has 1 aromatic carbocycles. The molecule has 18 heavy (non-hydrogen) atoms. The average molecular weight is 245 g/mol. The topological polar surface area (TPSA) is 75.4 Å². The van der Waals surface area contributed by atoms with Gasteiger partial charge in [0.1, 0.15) is 0 Å². The Kier molecular flexibility index (Phi) is 2.38. The minimum Gasteiger partial charge on any atom is -0.353 e. The third-order valence-electron chi connectivity index (χ3n) is 3.54. The number of hydrogen-bond donors (Lipinski definition) is 2. The van der Waals surface area contributed by atoms with Gasteiger partial charge in [-0.1, -0.05) is 12.1 Å². The van der Waals surface area contributed by atoms with Gasteiger partial charge in [0, 0.05) is 11.2 Å². The Labute approximate surface area is 105 Å². The van der Waals surface area contributed by atoms with E-state index >= 15 is 0 Å². The zero-order valence-electron chi connectivity index (χ0n) is 9.98. The van der Waals surface area contributed by atoms with E-state index in [1.807, 2.05) is 24.3 Å². The predicted molar refractivity (Wildman–Crippen MR) is 66.9 cm³/mol. The van der Waals surface area contributed by atoms with Crippen molar-refractivity contribution in [1.82, 2.24) is 5.32 Å². The number of nitrogens with one attached hydrogen (secondary N) is 1. The number of nitrogens with zero attached hydrogens (tertiary/aromatic N) is 1. The largest absolute Gasteiger partial charge is 0.353 e. The van der Waals surface area contributed by atoms with E-state index in [0.29, 0.717) is 0 Å². The fourth-order valence-corrected chi connectivity index (χ4v) is 2.25. The Balaban J connectivity index is 1.80. The molecule has 0 radical (unpaired) electrons. The third kappa shape index (κ3) is 1.97. The molecule has 3 N–H and O–H groups in total. The summed E-state index contributed by atoms with van der Waals surface area (Å²) in [5.41, 5.74) is 7.97. The van der Waals surface area contributed by atoms with Crippen LogP contribution in [0, 0.1) is 0 Å². The summed E-state index contributed by atoms with van der Waals surface area (Å²) in [6.07, 6.45) is 2.05. The summed E-state index contributed by atoms with van der Waals surface area (Å²) < 4.78 is 0. The van der Waals surface area contributed by atoms with Gasteiger partial charge < -0.3 is 10.6 Å². The van der Waals surface area contributed by atoms with Gasteiger partial charge in [-0.25, -0.2) is 0 Å². The standard InChI is InChI=1S/C13H15N3O2/c14-13(5-6-13)9-1-3-10(4-2-9)16-7-11(17)15-12(18)8-16/h1-4H,5-8,14H2,(H,15,17,18). The van der Waals surface area contributed by atoms with Gasteiger partial charge in [0.15, 0.2) is 0 Å². The molecular weight excluding hydrogens is 230 g/mol. The molecule has 5 heteroatoms. The van der Waals surface area contributed by atoms with E-state index < -0.39 is 0 Å². The Morgan fingerprint density at radius 1 is 1.06 bits per heavy atom. The van der Waals surface area contributed by atoms with Gasteiger partial charge in [0.05, 0.1) is 13.1 Å². The van der Waals surface area contributed by atoms with Crippen molar-refractivity contribution >= 4 is 17.5 Å². The molecule has 1 aliphatic carbocycles. The summed E-state index contributed by atoms with van der Waals surface area (Å²) in [5, 5.41) is 2.29. The first-order valence-corrected chi connectivity index (χ1v) is 6.04. The lowest BCUT2D eigenvalue weighted by atomic mass is 10.1. The highest BCUT2D eigenvalue weighted by molar-refractivity contribution is 6.02. The number of carbonyl (C=O) groups excluding carboxylic acids is 2. The van der Waals surface area contributed by atoms with Gasteiger partial charge in [0.25, 0.3) is 0 Å². The van der Waals surface area contributed by atoms with Crippen LogP contribution in [0.2, 0.25) is 0 Å². The normalized spacial score (nSPS) is 21.7. The second-order valence-corrected chi connectivity index (χ2v) is 5.03. The SMILES string of the molecule is NC1(c2ccc(N3CC(=O)NC(=O)C3)cc2)CC1. The molecule has 2 amide bonds. The molecule has 5 nitrogen and oxygen atoms in total. The number of amides is 2. The summed E-state index contributed by atoms with van der Waals surface area (Å²) in [4.78, 5) is 24.4. The van der Waals surface area contributed by atoms with E-state index in [9.17, 15) is 9.59 Å². The van der Waals surface area contributed by atoms with Gasteiger partial charge in [-0.2, -0.15) is 0 Å². The molecule has 94 valence electrons. The van der Waals surface area contributed by atoms with Gasteiger partial charge >= 0.3 is 0 Å². The van der Waals surface area contributed by atoms with E-state index in [4.69, 9.17) is 5.73 Å². The third-order valence-corrected chi connectivity index (χ3v) is 3.54. The lowest BCUT2D eigenvalue weighted by molar-refractivity contribution is -0.130. The highest BCUT2D eigenvalue weighted by Gasteiger charge is 2.39. The number of rotatable bonds is 2. The van der Waals surface area contributed by atoms with Crippen molar-refractivity contribution in [1.29, 1.82) is 0 Å². The van der Waals surface area contributed by atoms with Crippen LogP contribution in [-0.4, -0.2) is 24.9 Å². The van der Waals surface area contributed by atoms with E-state index in [1.165, 1.54) is 0 Å². The smallest absolute Gasteiger partial charge is 0.246 e. The summed E-state index contributed by atoms with van der Waals surface area (Å²) in [6, 6.07) is 7.82. The van der Waals surface area contributed by atoms with Crippen LogP contribution in [0.15, 0.2) is 24.3 Å². The summed E-state index contributed by atoms with van der Waals surface area (Å²) >= 11 is 0. The first-order valence-electron chi connectivity index (χ1n) is 6.04. The maximum absolute atomic E-state index is 11.3. The molecule has 1 heterocycles. The number of nitrogens with two attached hydrogens (primary N) is 1. The second kappa shape index (κ2) is 3.81. The number of carbonyl (C=O) groups is 2. The highest BCUT2D eigenvalue weighted by atomic mass is 16.2. The molecule has 2 fully saturated rings. The highest BCUT2D eigenvalue weighted by Crippen LogP contribution is 2.42. The van der Waals surface area contributed by atoms with Crippen molar-refractivity contribution in [3.8, 4) is 0 Å². The maximum atomic E-state index is 11.3. The van der Waals surface area contributed by atoms with Crippen molar-refractivity contribution in [3.05, 3.63) is 29.8 Å². The molecule has 0 atom stereocenters. The van der Waals surface area contributed by atoms with E-state index in [1.54, 1.807) is 4.90 Å². The predicted octanol–water partition coefficient (Wildman–Crippen LogP) is 0.0972. The monoisotopic (exact) mass is 245 g/mol. The van der Waals surface area contributed by atoms with Crippen LogP contribution >= 0.6 is 0 Å². The molecule has 0 unspecified atom stereocenters. The van der Waals surface area contributed by atoms with E-state index in [0.717, 1.165) is 24.1 Å². The Morgan fingerprint density at radius 3 is 2.11 bits per heavy atom. The van der Waals surface area contributed by atoms with Crippen molar-refractivity contribution in [2.75, 3.05) is 18.0 Å². The van der Waals surface area contributed by atoms with Gasteiger partial charge in [0.2, 0.25) is 11.8 Å². The first-order chi connectivity index (χ1) is 8.57. The number of imide groups is 1. The molecule has 0 spiro atoms. The summed E-state index contributed by atoms with van der Waals surface area (Å²) in [5.74, 6) is -0.513. The molecule has 1 aliphatic heterocycles. The zero-order chi connectivity index (χ0) is 12.8. The second-order valence-electron chi connectivity index (χ2n) is 5.03. The molecule has 1 saturated carbocycles. The lowest BCUT2D eigenvalue weighted by Gasteiger charge is -2.27. The van der Waals surface area contributed by atoms with Crippen LogP contribution in [0.4, 0.5) is 5.69 Å². The van der Waals surface area contributed by atoms with Crippen LogP contribution in [0.1, 0.15) is 18.4 Å². The first kappa shape index (κ1) is 11.2. The van der Waals surface area contributed by atoms with E-state index in [2.05, 4.69) is 5.32 Å². The van der Waals surface area contributed by atoms with Crippen LogP contribution in [0.25, 0.3) is 0 Å². The Hall–Kier alpha value is -1.88. The van der Waals surface area contributed by atoms with Crippen molar-refractivity contribution < 1.29 is 9.59 Å². The van der Waals surface area contributed by atoms with Crippen molar-refractivity contribution in [2.45, 2.75) is 18.4 Å². The van der Waals surface area contributed by atoms with Gasteiger partial charge in [-0.05, 0) is 30.5 Å². The molecular formula is C13H15N3O2. The fraction of sp³-hybridized carbons (Fsp3) is 0.385. The molecule has 1 aromatic rings. The number of hydrogen-bond acceptors (Lipinski definition) is 4. The van der Waals surface area contributed by atoms with Gasteiger partial charge in [-0.15, -0.1) is 0 Å². The quantitative estimate of drug-likeness (QED) is 0.724. The molecule has 0 aromatic heterocycles. The zero-order valence-corrected chi connectivity index (χ0v) is 9.98. The van der Waals surface area contributed by atoms with Crippen LogP contribution < -0.4 is 16.0 Å². The van der Waals surface area contributed by atoms with E-state index in [-0.39, 0.29) is 30.4 Å². The molecule has 3 rings (SSSR count). The minimum atomic E-state index is -0.257. The van der Waals surface area contributed by atoms with Crippen molar-refractivity contribution in [2.24, 2.45) is 5.73 Å². The average Bonchev–Trinajstić information content (AvgIpc) is 3.08. The van der Waals surface area contributed by atoms with Crippen LogP contribution in [0.3, 0.4) is 0 Å². The molecule has 2 aliphatic rings. The maximum Gasteiger partial charge on any atom is 0.246 e. The van der Waals surface area contributed by atoms with Crippen LogP contribution in [0.5, 0.6) is 0 Å². The Bertz CT molecular complexity index is 489.